The van der Waals surface area contributed by atoms with E-state index in [-0.39, 0.29) is 18.2 Å². The Kier molecular flexibility index (Phi) is 6.43. The molecule has 0 aliphatic heterocycles. The Labute approximate surface area is 152 Å². The van der Waals surface area contributed by atoms with Crippen molar-refractivity contribution >= 4 is 23.1 Å². The molecule has 0 saturated carbocycles. The van der Waals surface area contributed by atoms with Crippen LogP contribution in [0.3, 0.4) is 0 Å². The van der Waals surface area contributed by atoms with Crippen molar-refractivity contribution in [2.75, 3.05) is 38.5 Å². The molecule has 2 aromatic carbocycles. The predicted octanol–water partition coefficient (Wildman–Crippen LogP) is 2.97. The van der Waals surface area contributed by atoms with Gasteiger partial charge in [0.2, 0.25) is 11.7 Å². The zero-order valence-electron chi connectivity index (χ0n) is 15.2. The van der Waals surface area contributed by atoms with Gasteiger partial charge in [0.25, 0.3) is 0 Å². The summed E-state index contributed by atoms with van der Waals surface area (Å²) in [5.74, 6) is 1.06. The molecule has 0 aromatic heterocycles. The van der Waals surface area contributed by atoms with E-state index in [0.29, 0.717) is 34.2 Å². The van der Waals surface area contributed by atoms with E-state index in [1.54, 1.807) is 36.4 Å². The number of benzene rings is 2. The number of rotatable bonds is 8. The highest BCUT2D eigenvalue weighted by atomic mass is 16.5. The maximum absolute atomic E-state index is 12.2. The van der Waals surface area contributed by atoms with Crippen molar-refractivity contribution in [3.05, 3.63) is 42.0 Å². The maximum Gasteiger partial charge on any atom is 0.243 e. The van der Waals surface area contributed by atoms with Gasteiger partial charge < -0.3 is 24.8 Å². The van der Waals surface area contributed by atoms with Crippen LogP contribution in [0.1, 0.15) is 17.3 Å². The van der Waals surface area contributed by atoms with Crippen molar-refractivity contribution in [1.29, 1.82) is 0 Å². The molecule has 2 rings (SSSR count). The molecule has 2 N–H and O–H groups in total. The Bertz CT molecular complexity index is 779. The fraction of sp³-hybridized carbons (Fsp3) is 0.263. The molecule has 0 radical (unpaired) electrons. The summed E-state index contributed by atoms with van der Waals surface area (Å²) in [6.45, 7) is 1.54. The third-order valence-electron chi connectivity index (χ3n) is 3.67. The number of ether oxygens (including phenoxy) is 3. The summed E-state index contributed by atoms with van der Waals surface area (Å²) < 4.78 is 15.8. The Hall–Kier alpha value is -3.22. The number of methoxy groups -OCH3 is 3. The number of carbonyl (C=O) groups is 2. The lowest BCUT2D eigenvalue weighted by molar-refractivity contribution is -0.114. The van der Waals surface area contributed by atoms with Gasteiger partial charge >= 0.3 is 0 Å². The topological polar surface area (TPSA) is 85.9 Å². The van der Waals surface area contributed by atoms with Gasteiger partial charge in [0, 0.05) is 29.1 Å². The molecule has 7 heteroatoms. The van der Waals surface area contributed by atoms with Gasteiger partial charge in [0.1, 0.15) is 0 Å². The van der Waals surface area contributed by atoms with E-state index < -0.39 is 0 Å². The van der Waals surface area contributed by atoms with Gasteiger partial charge in [-0.05, 0) is 19.1 Å². The first-order valence-electron chi connectivity index (χ1n) is 7.93. The molecule has 2 aromatic rings. The lowest BCUT2D eigenvalue weighted by atomic mass is 10.1. The summed E-state index contributed by atoms with van der Waals surface area (Å²) in [5, 5.41) is 5.75. The van der Waals surface area contributed by atoms with Crippen LogP contribution in [-0.2, 0) is 4.79 Å². The second kappa shape index (κ2) is 8.75. The number of carbonyl (C=O) groups excluding carboxylic acids is 2. The third-order valence-corrected chi connectivity index (χ3v) is 3.67. The summed E-state index contributed by atoms with van der Waals surface area (Å²) in [5.41, 5.74) is 1.79. The molecule has 0 atom stereocenters. The van der Waals surface area contributed by atoms with Crippen molar-refractivity contribution in [3.8, 4) is 17.2 Å². The van der Waals surface area contributed by atoms with E-state index in [2.05, 4.69) is 10.6 Å². The number of nitrogens with one attached hydrogen (secondary N) is 2. The molecule has 0 bridgehead atoms. The molecule has 1 amide bonds. The standard InChI is InChI=1S/C19H22N2O5/c1-12(22)13-6-5-7-14(8-13)20-11-18(23)21-15-9-16(24-2)19(26-4)17(10-15)25-3/h5-10,20H,11H2,1-4H3,(H,21,23). The van der Waals surface area contributed by atoms with Crippen LogP contribution in [-0.4, -0.2) is 39.6 Å². The van der Waals surface area contributed by atoms with E-state index in [4.69, 9.17) is 14.2 Å². The van der Waals surface area contributed by atoms with Crippen molar-refractivity contribution in [2.45, 2.75) is 6.92 Å². The molecule has 0 aliphatic rings. The van der Waals surface area contributed by atoms with E-state index in [1.165, 1.54) is 28.3 Å². The van der Waals surface area contributed by atoms with Gasteiger partial charge in [-0.15, -0.1) is 0 Å². The quantitative estimate of drug-likeness (QED) is 0.706. The van der Waals surface area contributed by atoms with E-state index >= 15 is 0 Å². The highest BCUT2D eigenvalue weighted by Gasteiger charge is 2.14. The van der Waals surface area contributed by atoms with E-state index in [0.717, 1.165) is 0 Å². The van der Waals surface area contributed by atoms with Gasteiger partial charge in [-0.1, -0.05) is 12.1 Å². The van der Waals surface area contributed by atoms with Gasteiger partial charge in [-0.25, -0.2) is 0 Å². The smallest absolute Gasteiger partial charge is 0.243 e. The molecule has 138 valence electrons. The normalized spacial score (nSPS) is 10.0. The van der Waals surface area contributed by atoms with Crippen molar-refractivity contribution < 1.29 is 23.8 Å². The van der Waals surface area contributed by atoms with Gasteiger partial charge in [0.05, 0.1) is 27.9 Å². The number of hydrogen-bond donors (Lipinski definition) is 2. The van der Waals surface area contributed by atoms with Crippen LogP contribution >= 0.6 is 0 Å². The number of ketones is 1. The minimum absolute atomic E-state index is 0.0319. The summed E-state index contributed by atoms with van der Waals surface area (Å²) >= 11 is 0. The lowest BCUT2D eigenvalue weighted by Crippen LogP contribution is -2.21. The number of Topliss-reactive ketones (excluding diaryl/α,β-unsaturated/α-hetero) is 1. The van der Waals surface area contributed by atoms with Crippen molar-refractivity contribution in [3.63, 3.8) is 0 Å². The molecule has 0 fully saturated rings. The number of hydrogen-bond acceptors (Lipinski definition) is 6. The van der Waals surface area contributed by atoms with E-state index in [9.17, 15) is 9.59 Å². The van der Waals surface area contributed by atoms with Crippen LogP contribution in [0.25, 0.3) is 0 Å². The SMILES string of the molecule is COc1cc(NC(=O)CNc2cccc(C(C)=O)c2)cc(OC)c1OC. The van der Waals surface area contributed by atoms with Crippen LogP contribution in [0.5, 0.6) is 17.2 Å². The first-order chi connectivity index (χ1) is 12.5. The highest BCUT2D eigenvalue weighted by Crippen LogP contribution is 2.39. The molecule has 26 heavy (non-hydrogen) atoms. The molecule has 0 unspecified atom stereocenters. The Morgan fingerprint density at radius 2 is 1.58 bits per heavy atom. The maximum atomic E-state index is 12.2. The Morgan fingerprint density at radius 3 is 2.12 bits per heavy atom. The zero-order chi connectivity index (χ0) is 19.1. The van der Waals surface area contributed by atoms with Crippen LogP contribution in [0.2, 0.25) is 0 Å². The van der Waals surface area contributed by atoms with Crippen LogP contribution < -0.4 is 24.8 Å². The molecule has 0 aliphatic carbocycles. The zero-order valence-corrected chi connectivity index (χ0v) is 15.2. The second-order valence-corrected chi connectivity index (χ2v) is 5.45. The van der Waals surface area contributed by atoms with E-state index in [1.807, 2.05) is 0 Å². The molecule has 0 saturated heterocycles. The Balaban J connectivity index is 2.06. The average Bonchev–Trinajstić information content (AvgIpc) is 2.65. The minimum atomic E-state index is -0.257. The lowest BCUT2D eigenvalue weighted by Gasteiger charge is -2.15. The first kappa shape index (κ1) is 19.1. The second-order valence-electron chi connectivity index (χ2n) is 5.45. The first-order valence-corrected chi connectivity index (χ1v) is 7.93. The number of anilines is 2. The summed E-state index contributed by atoms with van der Waals surface area (Å²) in [6.07, 6.45) is 0. The van der Waals surface area contributed by atoms with Crippen LogP contribution in [0, 0.1) is 0 Å². The molecule has 7 nitrogen and oxygen atoms in total. The summed E-state index contributed by atoms with van der Waals surface area (Å²) in [7, 11) is 4.52. The third kappa shape index (κ3) is 4.66. The van der Waals surface area contributed by atoms with Gasteiger partial charge in [-0.2, -0.15) is 0 Å². The monoisotopic (exact) mass is 358 g/mol. The Morgan fingerprint density at radius 1 is 0.923 bits per heavy atom. The van der Waals surface area contributed by atoms with Crippen LogP contribution in [0.15, 0.2) is 36.4 Å². The highest BCUT2D eigenvalue weighted by molar-refractivity contribution is 5.96. The number of amides is 1. The molecular weight excluding hydrogens is 336 g/mol. The molecule has 0 heterocycles. The molecular formula is C19H22N2O5. The van der Waals surface area contributed by atoms with Crippen molar-refractivity contribution in [2.24, 2.45) is 0 Å². The average molecular weight is 358 g/mol. The fourth-order valence-corrected chi connectivity index (χ4v) is 2.39. The molecule has 0 spiro atoms. The largest absolute Gasteiger partial charge is 0.493 e. The summed E-state index contributed by atoms with van der Waals surface area (Å²) in [4.78, 5) is 23.6. The predicted molar refractivity (Wildman–Crippen MR) is 99.7 cm³/mol. The van der Waals surface area contributed by atoms with Gasteiger partial charge in [-0.3, -0.25) is 9.59 Å². The van der Waals surface area contributed by atoms with Crippen LogP contribution in [0.4, 0.5) is 11.4 Å². The summed E-state index contributed by atoms with van der Waals surface area (Å²) in [6, 6.07) is 10.3. The van der Waals surface area contributed by atoms with Crippen molar-refractivity contribution in [1.82, 2.24) is 0 Å². The van der Waals surface area contributed by atoms with Gasteiger partial charge in [0.15, 0.2) is 17.3 Å². The minimum Gasteiger partial charge on any atom is -0.493 e. The fourth-order valence-electron chi connectivity index (χ4n) is 2.39.